The number of hydrogen-bond acceptors (Lipinski definition) is 3. The quantitative estimate of drug-likeness (QED) is 0.857. The Balaban J connectivity index is 2.27. The van der Waals surface area contributed by atoms with E-state index in [-0.39, 0.29) is 11.3 Å². The number of para-hydroxylation sites is 1. The molecule has 1 amide bonds. The van der Waals surface area contributed by atoms with E-state index in [1.807, 2.05) is 45.0 Å². The molecule has 1 aromatic carbocycles. The molecule has 0 aliphatic heterocycles. The number of thiazole rings is 1. The van der Waals surface area contributed by atoms with Crippen molar-refractivity contribution in [2.45, 2.75) is 26.1 Å². The van der Waals surface area contributed by atoms with Gasteiger partial charge in [0.1, 0.15) is 4.88 Å². The maximum atomic E-state index is 12.2. The summed E-state index contributed by atoms with van der Waals surface area (Å²) in [6.45, 7) is 5.62. The minimum Gasteiger partial charge on any atom is -0.321 e. The fraction of sp³-hybridized carbons (Fsp3) is 0.286. The lowest BCUT2D eigenvalue weighted by Gasteiger charge is -2.11. The van der Waals surface area contributed by atoms with Crippen LogP contribution in [0.15, 0.2) is 24.3 Å². The molecule has 2 aromatic rings. The van der Waals surface area contributed by atoms with Gasteiger partial charge in [0.15, 0.2) is 0 Å². The van der Waals surface area contributed by atoms with Crippen LogP contribution < -0.4 is 5.32 Å². The highest BCUT2D eigenvalue weighted by atomic mass is 35.5. The van der Waals surface area contributed by atoms with Crippen molar-refractivity contribution in [2.24, 2.45) is 0 Å². The molecule has 1 aromatic heterocycles. The summed E-state index contributed by atoms with van der Waals surface area (Å²) in [7, 11) is 0. The van der Waals surface area contributed by atoms with Crippen LogP contribution in [0.1, 0.15) is 38.2 Å². The van der Waals surface area contributed by atoms with E-state index in [9.17, 15) is 4.79 Å². The average molecular weight is 295 g/mol. The minimum atomic E-state index is -0.152. The number of anilines is 1. The summed E-state index contributed by atoms with van der Waals surface area (Å²) >= 11 is 7.51. The molecule has 19 heavy (non-hydrogen) atoms. The Kier molecular flexibility index (Phi) is 4.22. The van der Waals surface area contributed by atoms with Crippen molar-refractivity contribution in [3.63, 3.8) is 0 Å². The first kappa shape index (κ1) is 14.0. The summed E-state index contributed by atoms with van der Waals surface area (Å²) in [6.07, 6.45) is 0. The Hall–Kier alpha value is -1.39. The predicted octanol–water partition coefficient (Wildman–Crippen LogP) is 4.31. The van der Waals surface area contributed by atoms with Gasteiger partial charge >= 0.3 is 0 Å². The van der Waals surface area contributed by atoms with Crippen LogP contribution in [0.25, 0.3) is 0 Å². The number of aryl methyl sites for hydroxylation is 2. The first-order valence-electron chi connectivity index (χ1n) is 5.97. The number of hydrogen-bond donors (Lipinski definition) is 1. The Labute approximate surface area is 121 Å². The summed E-state index contributed by atoms with van der Waals surface area (Å²) in [5, 5.41) is 3.65. The molecule has 5 heteroatoms. The van der Waals surface area contributed by atoms with Gasteiger partial charge in [0.2, 0.25) is 0 Å². The molecule has 0 spiro atoms. The Bertz CT molecular complexity index is 607. The van der Waals surface area contributed by atoms with Gasteiger partial charge in [-0.05, 0) is 32.4 Å². The third-order valence-corrected chi connectivity index (χ3v) is 4.05. The molecule has 1 unspecified atom stereocenters. The van der Waals surface area contributed by atoms with E-state index in [0.29, 0.717) is 4.88 Å². The second-order valence-corrected chi connectivity index (χ2v) is 6.16. The van der Waals surface area contributed by atoms with Crippen molar-refractivity contribution in [3.05, 3.63) is 45.4 Å². The predicted molar refractivity (Wildman–Crippen MR) is 80.3 cm³/mol. The number of rotatable bonds is 3. The minimum absolute atomic E-state index is 0.132. The lowest BCUT2D eigenvalue weighted by molar-refractivity contribution is 0.102. The largest absolute Gasteiger partial charge is 0.321 e. The maximum Gasteiger partial charge on any atom is 0.267 e. The van der Waals surface area contributed by atoms with Crippen LogP contribution in [0.4, 0.5) is 5.69 Å². The molecule has 0 saturated carbocycles. The zero-order valence-corrected chi connectivity index (χ0v) is 12.6. The molecule has 1 atom stereocenters. The van der Waals surface area contributed by atoms with Crippen LogP contribution in [-0.2, 0) is 0 Å². The topological polar surface area (TPSA) is 42.0 Å². The molecule has 0 aliphatic rings. The standard InChI is InChI=1S/C14H15ClN2OS/c1-8(15)11-6-4-5-7-12(11)17-14(18)13-9(2)16-10(3)19-13/h4-8H,1-3H3,(H,17,18). The molecule has 0 bridgehead atoms. The van der Waals surface area contributed by atoms with Crippen molar-refractivity contribution in [3.8, 4) is 0 Å². The average Bonchev–Trinajstić information content (AvgIpc) is 2.69. The second kappa shape index (κ2) is 5.72. The van der Waals surface area contributed by atoms with E-state index in [2.05, 4.69) is 10.3 Å². The van der Waals surface area contributed by atoms with E-state index in [1.54, 1.807) is 0 Å². The van der Waals surface area contributed by atoms with Gasteiger partial charge in [-0.2, -0.15) is 0 Å². The number of nitrogens with one attached hydrogen (secondary N) is 1. The molecule has 3 nitrogen and oxygen atoms in total. The number of benzene rings is 1. The van der Waals surface area contributed by atoms with Gasteiger partial charge in [0, 0.05) is 5.69 Å². The molecule has 0 fully saturated rings. The SMILES string of the molecule is Cc1nc(C)c(C(=O)Nc2ccccc2C(C)Cl)s1. The molecule has 0 aliphatic carbocycles. The highest BCUT2D eigenvalue weighted by molar-refractivity contribution is 7.13. The lowest BCUT2D eigenvalue weighted by atomic mass is 10.1. The zero-order valence-electron chi connectivity index (χ0n) is 11.0. The zero-order chi connectivity index (χ0) is 14.0. The fourth-order valence-electron chi connectivity index (χ4n) is 1.88. The van der Waals surface area contributed by atoms with Crippen molar-refractivity contribution in [2.75, 3.05) is 5.32 Å². The van der Waals surface area contributed by atoms with E-state index >= 15 is 0 Å². The van der Waals surface area contributed by atoms with Crippen LogP contribution in [-0.4, -0.2) is 10.9 Å². The smallest absolute Gasteiger partial charge is 0.267 e. The van der Waals surface area contributed by atoms with Gasteiger partial charge in [0.25, 0.3) is 5.91 Å². The summed E-state index contributed by atoms with van der Waals surface area (Å²) in [5.74, 6) is -0.132. The summed E-state index contributed by atoms with van der Waals surface area (Å²) in [6, 6.07) is 7.56. The van der Waals surface area contributed by atoms with Gasteiger partial charge in [0.05, 0.1) is 16.1 Å². The van der Waals surface area contributed by atoms with Crippen LogP contribution in [0.2, 0.25) is 0 Å². The van der Waals surface area contributed by atoms with Crippen molar-refractivity contribution < 1.29 is 4.79 Å². The molecule has 0 saturated heterocycles. The molecule has 1 N–H and O–H groups in total. The van der Waals surface area contributed by atoms with Gasteiger partial charge in [-0.15, -0.1) is 22.9 Å². The van der Waals surface area contributed by atoms with Crippen molar-refractivity contribution in [1.29, 1.82) is 0 Å². The molecule has 2 rings (SSSR count). The third kappa shape index (κ3) is 3.14. The summed E-state index contributed by atoms with van der Waals surface area (Å²) < 4.78 is 0. The number of halogens is 1. The number of carbonyl (C=O) groups excluding carboxylic acids is 1. The Morgan fingerprint density at radius 3 is 2.63 bits per heavy atom. The highest BCUT2D eigenvalue weighted by Crippen LogP contribution is 2.28. The van der Waals surface area contributed by atoms with Gasteiger partial charge in [-0.25, -0.2) is 4.98 Å². The van der Waals surface area contributed by atoms with Crippen molar-refractivity contribution in [1.82, 2.24) is 4.98 Å². The molecule has 0 radical (unpaired) electrons. The van der Waals surface area contributed by atoms with E-state index in [0.717, 1.165) is 22.0 Å². The Morgan fingerprint density at radius 1 is 1.37 bits per heavy atom. The van der Waals surface area contributed by atoms with Crippen LogP contribution >= 0.6 is 22.9 Å². The van der Waals surface area contributed by atoms with E-state index in [4.69, 9.17) is 11.6 Å². The molecular weight excluding hydrogens is 280 g/mol. The third-order valence-electron chi connectivity index (χ3n) is 2.75. The summed E-state index contributed by atoms with van der Waals surface area (Å²) in [5.41, 5.74) is 2.42. The van der Waals surface area contributed by atoms with Crippen LogP contribution in [0, 0.1) is 13.8 Å². The summed E-state index contributed by atoms with van der Waals surface area (Å²) in [4.78, 5) is 17.1. The van der Waals surface area contributed by atoms with Crippen LogP contribution in [0.3, 0.4) is 0 Å². The van der Waals surface area contributed by atoms with Gasteiger partial charge < -0.3 is 5.32 Å². The fourth-order valence-corrected chi connectivity index (χ4v) is 2.88. The molecular formula is C14H15ClN2OS. The van der Waals surface area contributed by atoms with Crippen molar-refractivity contribution >= 4 is 34.5 Å². The monoisotopic (exact) mass is 294 g/mol. The number of aromatic nitrogens is 1. The number of amides is 1. The molecule has 1 heterocycles. The van der Waals surface area contributed by atoms with E-state index < -0.39 is 0 Å². The van der Waals surface area contributed by atoms with Crippen LogP contribution in [0.5, 0.6) is 0 Å². The highest BCUT2D eigenvalue weighted by Gasteiger charge is 2.16. The number of alkyl halides is 1. The lowest BCUT2D eigenvalue weighted by Crippen LogP contribution is -2.13. The first-order chi connectivity index (χ1) is 8.99. The first-order valence-corrected chi connectivity index (χ1v) is 7.22. The number of nitrogens with zero attached hydrogens (tertiary/aromatic N) is 1. The molecule has 100 valence electrons. The van der Waals surface area contributed by atoms with Gasteiger partial charge in [-0.1, -0.05) is 18.2 Å². The number of carbonyl (C=O) groups is 1. The normalized spacial score (nSPS) is 12.2. The second-order valence-electron chi connectivity index (χ2n) is 4.30. The van der Waals surface area contributed by atoms with E-state index in [1.165, 1.54) is 11.3 Å². The van der Waals surface area contributed by atoms with Gasteiger partial charge in [-0.3, -0.25) is 4.79 Å². The maximum absolute atomic E-state index is 12.2. The Morgan fingerprint density at radius 2 is 2.05 bits per heavy atom.